The zero-order valence-corrected chi connectivity index (χ0v) is 38.2. The van der Waals surface area contributed by atoms with E-state index in [0.717, 1.165) is 73.6 Å². The molecule has 0 aliphatic carbocycles. The average Bonchev–Trinajstić information content (AvgIpc) is 3.79. The summed E-state index contributed by atoms with van der Waals surface area (Å²) in [5.41, 5.74) is 8.10. The van der Waals surface area contributed by atoms with Gasteiger partial charge >= 0.3 is 0 Å². The summed E-state index contributed by atoms with van der Waals surface area (Å²) in [7, 11) is 3.16. The molecule has 8 rings (SSSR count). The number of aromatic nitrogens is 2. The molecule has 2 saturated heterocycles. The molecule has 66 heavy (non-hydrogen) atoms. The minimum absolute atomic E-state index is 0.00761. The number of imide groups is 1. The highest BCUT2D eigenvalue weighted by Gasteiger charge is 2.50. The topological polar surface area (TPSA) is 170 Å². The SMILES string of the molecule is COc1ccc(C(N)=O)c(-c2c(Cl)c(F)cc3c2[C@H](C)[C@@](CNC2CCN(C(=O)CCCCCCCNc4ccc5c(C6CCC(=O)NC6=O)nn(C)c5c4)CC2)(c2ccccc2)O3)c1F. The van der Waals surface area contributed by atoms with Gasteiger partial charge in [-0.3, -0.25) is 29.2 Å². The molecule has 3 aliphatic heterocycles. The molecule has 16 heteroatoms. The molecule has 4 heterocycles. The predicted molar refractivity (Wildman–Crippen MR) is 249 cm³/mol. The Balaban J connectivity index is 0.814. The van der Waals surface area contributed by atoms with Crippen molar-refractivity contribution in [2.24, 2.45) is 12.8 Å². The Morgan fingerprint density at radius 1 is 0.985 bits per heavy atom. The highest BCUT2D eigenvalue weighted by Crippen LogP contribution is 2.56. The maximum absolute atomic E-state index is 16.2. The summed E-state index contributed by atoms with van der Waals surface area (Å²) in [5, 5.41) is 14.8. The number of nitrogens with zero attached hydrogens (tertiary/aromatic N) is 3. The lowest BCUT2D eigenvalue weighted by Crippen LogP contribution is -2.50. The second-order valence-corrected chi connectivity index (χ2v) is 18.0. The Hall–Kier alpha value is -6.06. The largest absolute Gasteiger partial charge is 0.494 e. The van der Waals surface area contributed by atoms with Crippen LogP contribution in [0.1, 0.15) is 110 Å². The van der Waals surface area contributed by atoms with Crippen LogP contribution in [0.2, 0.25) is 5.02 Å². The summed E-state index contributed by atoms with van der Waals surface area (Å²) < 4.78 is 45.6. The van der Waals surface area contributed by atoms with Crippen molar-refractivity contribution in [3.8, 4) is 22.6 Å². The number of likely N-dealkylation sites (tertiary alicyclic amines) is 1. The van der Waals surface area contributed by atoms with E-state index in [1.807, 2.05) is 67.4 Å². The van der Waals surface area contributed by atoms with E-state index in [1.165, 1.54) is 25.3 Å². The number of carbonyl (C=O) groups excluding carboxylic acids is 4. The maximum Gasteiger partial charge on any atom is 0.249 e. The molecular formula is C50H56ClF2N7O6. The van der Waals surface area contributed by atoms with Gasteiger partial charge in [0.1, 0.15) is 11.6 Å². The summed E-state index contributed by atoms with van der Waals surface area (Å²) in [6, 6.07) is 19.5. The molecule has 5 aromatic rings. The number of unbranched alkanes of at least 4 members (excludes halogenated alkanes) is 4. The number of aryl methyl sites for hydroxylation is 1. The van der Waals surface area contributed by atoms with Crippen LogP contribution in [-0.2, 0) is 27.0 Å². The number of methoxy groups -OCH3 is 1. The van der Waals surface area contributed by atoms with Crippen molar-refractivity contribution in [3.05, 3.63) is 106 Å². The first-order chi connectivity index (χ1) is 31.8. The van der Waals surface area contributed by atoms with Crippen molar-refractivity contribution in [2.75, 3.05) is 38.6 Å². The number of halogens is 3. The zero-order valence-electron chi connectivity index (χ0n) is 37.5. The van der Waals surface area contributed by atoms with E-state index in [-0.39, 0.29) is 57.0 Å². The van der Waals surface area contributed by atoms with Crippen molar-refractivity contribution in [2.45, 2.75) is 94.6 Å². The normalized spacial score (nSPS) is 19.7. The second-order valence-electron chi connectivity index (χ2n) is 17.6. The standard InChI is InChI=1S/C50H56ClF2N7O6/c1-29-42-39(27-36(52)45(51)44(42)43-34(48(54)63)17-19-38(65-3)46(43)53)66-50(29,30-12-8-7-9-13-30)28-56-31-21-24-60(25-22-31)41(62)14-10-5-4-6-11-23-55-32-15-16-33-37(26-32)59(2)58-47(33)35-18-20-40(61)57-49(35)64/h7-9,12-13,15-17,19,26-27,29,31,35,55-56H,4-6,10-11,14,18,20-25,28H2,1-3H3,(H2,54,63)(H,57,61,64)/t29-,35?,50-/m0/s1. The number of anilines is 1. The van der Waals surface area contributed by atoms with E-state index in [0.29, 0.717) is 50.2 Å². The molecule has 0 saturated carbocycles. The third-order valence-electron chi connectivity index (χ3n) is 13.6. The van der Waals surface area contributed by atoms with E-state index < -0.39 is 35.0 Å². The van der Waals surface area contributed by atoms with Gasteiger partial charge in [-0.05, 0) is 68.0 Å². The number of hydrogen-bond donors (Lipinski definition) is 4. The fourth-order valence-corrected chi connectivity index (χ4v) is 10.2. The van der Waals surface area contributed by atoms with Gasteiger partial charge in [-0.15, -0.1) is 0 Å². The van der Waals surface area contributed by atoms with Gasteiger partial charge in [0, 0.05) is 91.9 Å². The monoisotopic (exact) mass is 923 g/mol. The molecule has 0 spiro atoms. The number of amides is 4. The maximum atomic E-state index is 16.2. The van der Waals surface area contributed by atoms with Gasteiger partial charge in [-0.1, -0.05) is 68.1 Å². The average molecular weight is 924 g/mol. The number of nitrogens with two attached hydrogens (primary N) is 1. The molecule has 348 valence electrons. The van der Waals surface area contributed by atoms with Crippen LogP contribution in [0, 0.1) is 11.6 Å². The van der Waals surface area contributed by atoms with E-state index in [4.69, 9.17) is 26.8 Å². The Bertz CT molecular complexity index is 2650. The van der Waals surface area contributed by atoms with Crippen molar-refractivity contribution in [1.82, 2.24) is 25.3 Å². The first kappa shape index (κ1) is 46.5. The number of rotatable bonds is 17. The Kier molecular flexibility index (Phi) is 13.9. The van der Waals surface area contributed by atoms with E-state index in [9.17, 15) is 19.2 Å². The predicted octanol–water partition coefficient (Wildman–Crippen LogP) is 8.22. The number of fused-ring (bicyclic) bond motifs is 2. The number of hydrogen-bond acceptors (Lipinski definition) is 9. The van der Waals surface area contributed by atoms with E-state index in [1.54, 1.807) is 4.68 Å². The zero-order chi connectivity index (χ0) is 46.7. The number of carbonyl (C=O) groups is 4. The van der Waals surface area contributed by atoms with Gasteiger partial charge in [0.2, 0.25) is 23.6 Å². The van der Waals surface area contributed by atoms with Crippen molar-refractivity contribution < 1.29 is 37.4 Å². The van der Waals surface area contributed by atoms with Gasteiger partial charge in [-0.25, -0.2) is 8.78 Å². The van der Waals surface area contributed by atoms with Crippen LogP contribution in [0.4, 0.5) is 14.5 Å². The fraction of sp³-hybridized carbons (Fsp3) is 0.420. The van der Waals surface area contributed by atoms with Crippen LogP contribution in [0.15, 0.2) is 66.7 Å². The van der Waals surface area contributed by atoms with Crippen LogP contribution in [0.3, 0.4) is 0 Å². The lowest BCUT2D eigenvalue weighted by Gasteiger charge is -2.38. The number of benzene rings is 4. The third kappa shape index (κ3) is 9.19. The van der Waals surface area contributed by atoms with Crippen LogP contribution in [0.25, 0.3) is 22.0 Å². The summed E-state index contributed by atoms with van der Waals surface area (Å²) in [6.45, 7) is 4.29. The molecule has 3 atom stereocenters. The fourth-order valence-electron chi connectivity index (χ4n) is 9.94. The molecule has 2 fully saturated rings. The molecule has 5 N–H and O–H groups in total. The molecule has 0 bridgehead atoms. The Morgan fingerprint density at radius 2 is 1.73 bits per heavy atom. The number of primary amides is 1. The molecule has 13 nitrogen and oxygen atoms in total. The Labute approximate surface area is 387 Å². The first-order valence-electron chi connectivity index (χ1n) is 22.8. The smallest absolute Gasteiger partial charge is 0.249 e. The quantitative estimate of drug-likeness (QED) is 0.0530. The minimum atomic E-state index is -1.07. The number of nitrogens with one attached hydrogen (secondary N) is 3. The van der Waals surface area contributed by atoms with Gasteiger partial charge < -0.3 is 30.7 Å². The molecule has 4 amide bonds. The molecule has 1 aromatic heterocycles. The lowest BCUT2D eigenvalue weighted by atomic mass is 9.77. The summed E-state index contributed by atoms with van der Waals surface area (Å²) in [5.74, 6) is -3.91. The Morgan fingerprint density at radius 3 is 2.45 bits per heavy atom. The minimum Gasteiger partial charge on any atom is -0.494 e. The highest BCUT2D eigenvalue weighted by atomic mass is 35.5. The van der Waals surface area contributed by atoms with Crippen LogP contribution in [0.5, 0.6) is 11.5 Å². The summed E-state index contributed by atoms with van der Waals surface area (Å²) >= 11 is 6.67. The van der Waals surface area contributed by atoms with Gasteiger partial charge in [0.05, 0.1) is 34.8 Å². The van der Waals surface area contributed by atoms with Crippen molar-refractivity contribution in [1.29, 1.82) is 0 Å². The number of piperidine rings is 2. The molecular weight excluding hydrogens is 868 g/mol. The number of ether oxygens (including phenoxy) is 2. The van der Waals surface area contributed by atoms with Crippen molar-refractivity contribution >= 4 is 51.8 Å². The van der Waals surface area contributed by atoms with E-state index in [2.05, 4.69) is 21.0 Å². The van der Waals surface area contributed by atoms with Crippen LogP contribution < -0.4 is 31.2 Å². The lowest BCUT2D eigenvalue weighted by molar-refractivity contribution is -0.134. The second kappa shape index (κ2) is 19.8. The molecule has 0 radical (unpaired) electrons. The van der Waals surface area contributed by atoms with Crippen LogP contribution in [-0.4, -0.2) is 77.6 Å². The van der Waals surface area contributed by atoms with Gasteiger partial charge in [0.25, 0.3) is 0 Å². The summed E-state index contributed by atoms with van der Waals surface area (Å²) in [4.78, 5) is 52.0. The third-order valence-corrected chi connectivity index (χ3v) is 14.0. The van der Waals surface area contributed by atoms with Crippen LogP contribution >= 0.6 is 11.6 Å². The van der Waals surface area contributed by atoms with E-state index >= 15 is 8.78 Å². The molecule has 3 aliphatic rings. The first-order valence-corrected chi connectivity index (χ1v) is 23.2. The highest BCUT2D eigenvalue weighted by molar-refractivity contribution is 6.34. The van der Waals surface area contributed by atoms with Gasteiger partial charge in [-0.2, -0.15) is 5.10 Å². The van der Waals surface area contributed by atoms with Gasteiger partial charge in [0.15, 0.2) is 17.2 Å². The van der Waals surface area contributed by atoms with Crippen molar-refractivity contribution in [3.63, 3.8) is 0 Å². The summed E-state index contributed by atoms with van der Waals surface area (Å²) in [6.07, 6.45) is 7.62. The molecule has 4 aromatic carbocycles. The molecule has 1 unspecified atom stereocenters.